The predicted molar refractivity (Wildman–Crippen MR) is 118 cm³/mol. The lowest BCUT2D eigenvalue weighted by Crippen LogP contribution is -2.46. The van der Waals surface area contributed by atoms with Crippen LogP contribution < -0.4 is 15.5 Å². The number of anilines is 1. The summed E-state index contributed by atoms with van der Waals surface area (Å²) in [4.78, 5) is 13.9. The second-order valence-electron chi connectivity index (χ2n) is 8.09. The molecule has 156 valence electrons. The van der Waals surface area contributed by atoms with Crippen molar-refractivity contribution < 1.29 is 0 Å². The summed E-state index contributed by atoms with van der Waals surface area (Å²) in [6, 6.07) is 4.32. The molecular formula is C22H38N6. The van der Waals surface area contributed by atoms with Crippen molar-refractivity contribution in [1.82, 2.24) is 20.5 Å². The largest absolute Gasteiger partial charge is 0.356 e. The van der Waals surface area contributed by atoms with E-state index in [2.05, 4.69) is 49.5 Å². The van der Waals surface area contributed by atoms with E-state index < -0.39 is 0 Å². The maximum Gasteiger partial charge on any atom is 0.191 e. The predicted octanol–water partition coefficient (Wildman–Crippen LogP) is 2.86. The summed E-state index contributed by atoms with van der Waals surface area (Å²) in [5.74, 6) is 2.94. The van der Waals surface area contributed by atoms with Crippen LogP contribution in [0.2, 0.25) is 0 Å². The van der Waals surface area contributed by atoms with Gasteiger partial charge in [-0.05, 0) is 36.9 Å². The highest BCUT2D eigenvalue weighted by atomic mass is 15.3. The van der Waals surface area contributed by atoms with Gasteiger partial charge in [0.15, 0.2) is 5.96 Å². The van der Waals surface area contributed by atoms with Gasteiger partial charge in [-0.15, -0.1) is 0 Å². The van der Waals surface area contributed by atoms with E-state index in [4.69, 9.17) is 0 Å². The quantitative estimate of drug-likeness (QED) is 0.409. The van der Waals surface area contributed by atoms with Gasteiger partial charge in [0, 0.05) is 52.5 Å². The molecule has 28 heavy (non-hydrogen) atoms. The van der Waals surface area contributed by atoms with E-state index >= 15 is 0 Å². The number of pyridine rings is 1. The summed E-state index contributed by atoms with van der Waals surface area (Å²) < 4.78 is 0. The van der Waals surface area contributed by atoms with Gasteiger partial charge < -0.3 is 20.4 Å². The zero-order valence-corrected chi connectivity index (χ0v) is 17.8. The molecule has 0 bridgehead atoms. The lowest BCUT2D eigenvalue weighted by Gasteiger charge is -2.34. The Morgan fingerprint density at radius 3 is 2.57 bits per heavy atom. The van der Waals surface area contributed by atoms with E-state index in [1.165, 1.54) is 44.1 Å². The van der Waals surface area contributed by atoms with E-state index in [0.717, 1.165) is 63.5 Å². The van der Waals surface area contributed by atoms with Crippen molar-refractivity contribution in [1.29, 1.82) is 0 Å². The maximum absolute atomic E-state index is 4.68. The minimum atomic E-state index is 0.749. The summed E-state index contributed by atoms with van der Waals surface area (Å²) in [6.07, 6.45) is 10.3. The molecule has 1 aromatic heterocycles. The van der Waals surface area contributed by atoms with Crippen molar-refractivity contribution in [3.63, 3.8) is 0 Å². The van der Waals surface area contributed by atoms with Crippen molar-refractivity contribution in [2.24, 2.45) is 10.9 Å². The normalized spacial score (nSPS) is 19.2. The monoisotopic (exact) mass is 386 g/mol. The Bertz CT molecular complexity index is 586. The maximum atomic E-state index is 4.68. The average Bonchev–Trinajstić information content (AvgIpc) is 3.27. The van der Waals surface area contributed by atoms with Crippen molar-refractivity contribution in [3.05, 3.63) is 23.9 Å². The molecule has 1 aliphatic heterocycles. The molecule has 0 atom stereocenters. The SMILES string of the molecule is CCN1CCN(c2ccc(CNC(=NC)NCCCC3CCCC3)cn2)CC1. The van der Waals surface area contributed by atoms with Gasteiger partial charge in [-0.2, -0.15) is 0 Å². The first-order valence-corrected chi connectivity index (χ1v) is 11.1. The second kappa shape index (κ2) is 11.2. The van der Waals surface area contributed by atoms with Crippen LogP contribution in [0, 0.1) is 5.92 Å². The van der Waals surface area contributed by atoms with Gasteiger partial charge >= 0.3 is 0 Å². The van der Waals surface area contributed by atoms with Crippen molar-refractivity contribution >= 4 is 11.8 Å². The standard InChI is InChI=1S/C22H38N6/c1-3-27-13-15-28(16-14-27)21-11-10-20(17-25-21)18-26-22(23-2)24-12-6-9-19-7-4-5-8-19/h10-11,17,19H,3-9,12-16,18H2,1-2H3,(H2,23,24,26). The molecule has 1 saturated carbocycles. The number of nitrogens with zero attached hydrogens (tertiary/aromatic N) is 4. The summed E-state index contributed by atoms with van der Waals surface area (Å²) in [5.41, 5.74) is 1.19. The molecule has 0 aromatic carbocycles. The lowest BCUT2D eigenvalue weighted by molar-refractivity contribution is 0.270. The number of piperazine rings is 1. The van der Waals surface area contributed by atoms with E-state index in [0.29, 0.717) is 0 Å². The van der Waals surface area contributed by atoms with Crippen LogP contribution in [0.3, 0.4) is 0 Å². The smallest absolute Gasteiger partial charge is 0.191 e. The number of aliphatic imine (C=N–C) groups is 1. The number of hydrogen-bond donors (Lipinski definition) is 2. The van der Waals surface area contributed by atoms with Gasteiger partial charge in [-0.3, -0.25) is 4.99 Å². The second-order valence-corrected chi connectivity index (χ2v) is 8.09. The van der Waals surface area contributed by atoms with Crippen molar-refractivity contribution in [2.75, 3.05) is 51.2 Å². The molecule has 3 rings (SSSR count). The summed E-state index contributed by atoms with van der Waals surface area (Å²) in [7, 11) is 1.84. The Morgan fingerprint density at radius 1 is 1.14 bits per heavy atom. The topological polar surface area (TPSA) is 55.8 Å². The number of nitrogens with one attached hydrogen (secondary N) is 2. The third-order valence-electron chi connectivity index (χ3n) is 6.19. The van der Waals surface area contributed by atoms with Crippen molar-refractivity contribution in [2.45, 2.75) is 52.0 Å². The van der Waals surface area contributed by atoms with Crippen LogP contribution in [0.25, 0.3) is 0 Å². The molecule has 1 saturated heterocycles. The van der Waals surface area contributed by atoms with Gasteiger partial charge in [0.05, 0.1) is 0 Å². The van der Waals surface area contributed by atoms with Gasteiger partial charge in [0.1, 0.15) is 5.82 Å². The zero-order chi connectivity index (χ0) is 19.6. The molecule has 2 heterocycles. The number of guanidine groups is 1. The van der Waals surface area contributed by atoms with E-state index in [1.807, 2.05) is 13.2 Å². The van der Waals surface area contributed by atoms with E-state index in [9.17, 15) is 0 Å². The number of hydrogen-bond acceptors (Lipinski definition) is 4. The first-order chi connectivity index (χ1) is 13.8. The Hall–Kier alpha value is -1.82. The van der Waals surface area contributed by atoms with Crippen LogP contribution in [0.5, 0.6) is 0 Å². The van der Waals surface area contributed by atoms with Crippen molar-refractivity contribution in [3.8, 4) is 0 Å². The molecule has 0 radical (unpaired) electrons. The van der Waals surface area contributed by atoms with Crippen LogP contribution in [-0.4, -0.2) is 62.2 Å². The highest BCUT2D eigenvalue weighted by molar-refractivity contribution is 5.79. The Balaban J connectivity index is 1.36. The molecule has 0 unspecified atom stereocenters. The lowest BCUT2D eigenvalue weighted by atomic mass is 10.0. The summed E-state index contributed by atoms with van der Waals surface area (Å²) >= 11 is 0. The molecule has 2 N–H and O–H groups in total. The first kappa shape index (κ1) is 20.9. The first-order valence-electron chi connectivity index (χ1n) is 11.1. The minimum absolute atomic E-state index is 0.749. The molecule has 6 nitrogen and oxygen atoms in total. The van der Waals surface area contributed by atoms with Crippen LogP contribution in [-0.2, 0) is 6.54 Å². The third kappa shape index (κ3) is 6.36. The van der Waals surface area contributed by atoms with Crippen LogP contribution >= 0.6 is 0 Å². The minimum Gasteiger partial charge on any atom is -0.356 e. The van der Waals surface area contributed by atoms with E-state index in [1.54, 1.807) is 0 Å². The molecule has 0 spiro atoms. The molecule has 1 aromatic rings. The number of rotatable bonds is 8. The van der Waals surface area contributed by atoms with Gasteiger partial charge in [-0.25, -0.2) is 4.98 Å². The molecule has 2 aliphatic rings. The molecule has 1 aliphatic carbocycles. The zero-order valence-electron chi connectivity index (χ0n) is 17.8. The van der Waals surface area contributed by atoms with E-state index in [-0.39, 0.29) is 0 Å². The average molecular weight is 387 g/mol. The van der Waals surface area contributed by atoms with Crippen LogP contribution in [0.1, 0.15) is 51.0 Å². The Kier molecular flexibility index (Phi) is 8.40. The molecule has 6 heteroatoms. The molecular weight excluding hydrogens is 348 g/mol. The van der Waals surface area contributed by atoms with Gasteiger partial charge in [-0.1, -0.05) is 38.7 Å². The number of aromatic nitrogens is 1. The molecule has 2 fully saturated rings. The third-order valence-corrected chi connectivity index (χ3v) is 6.19. The Labute approximate surface area is 170 Å². The highest BCUT2D eigenvalue weighted by Gasteiger charge is 2.16. The van der Waals surface area contributed by atoms with Gasteiger partial charge in [0.2, 0.25) is 0 Å². The van der Waals surface area contributed by atoms with Gasteiger partial charge in [0.25, 0.3) is 0 Å². The Morgan fingerprint density at radius 2 is 1.93 bits per heavy atom. The number of likely N-dealkylation sites (N-methyl/N-ethyl adjacent to an activating group) is 1. The molecule has 0 amide bonds. The fourth-order valence-electron chi connectivity index (χ4n) is 4.30. The fourth-order valence-corrected chi connectivity index (χ4v) is 4.30. The van der Waals surface area contributed by atoms with Crippen LogP contribution in [0.4, 0.5) is 5.82 Å². The highest BCUT2D eigenvalue weighted by Crippen LogP contribution is 2.28. The van der Waals surface area contributed by atoms with Crippen LogP contribution in [0.15, 0.2) is 23.3 Å². The summed E-state index contributed by atoms with van der Waals surface area (Å²) in [6.45, 7) is 9.51. The fraction of sp³-hybridized carbons (Fsp3) is 0.727. The summed E-state index contributed by atoms with van der Waals surface area (Å²) in [5, 5.41) is 6.85.